The lowest BCUT2D eigenvalue weighted by molar-refractivity contribution is 0.0795. The summed E-state index contributed by atoms with van der Waals surface area (Å²) in [5.41, 5.74) is 2.89. The average molecular weight is 534 g/mol. The van der Waals surface area contributed by atoms with Gasteiger partial charge in [0.05, 0.1) is 22.4 Å². The number of urea groups is 1. The summed E-state index contributed by atoms with van der Waals surface area (Å²) in [7, 11) is 1.91. The number of carbonyl (C=O) groups is 2. The molecule has 10 heteroatoms. The van der Waals surface area contributed by atoms with E-state index >= 15 is 0 Å². The number of ether oxygens (including phenoxy) is 1. The van der Waals surface area contributed by atoms with Crippen molar-refractivity contribution in [3.05, 3.63) is 71.2 Å². The molecule has 2 N–H and O–H groups in total. The molecule has 2 aromatic carbocycles. The molecule has 1 atom stereocenters. The number of pyridine rings is 1. The summed E-state index contributed by atoms with van der Waals surface area (Å²) in [6.45, 7) is 3.29. The molecule has 37 heavy (non-hydrogen) atoms. The predicted molar refractivity (Wildman–Crippen MR) is 152 cm³/mol. The van der Waals surface area contributed by atoms with Gasteiger partial charge in [0.1, 0.15) is 21.2 Å². The number of aromatic nitrogens is 1. The van der Waals surface area contributed by atoms with E-state index in [9.17, 15) is 9.59 Å². The molecule has 0 radical (unpaired) electrons. The van der Waals surface area contributed by atoms with Crippen LogP contribution in [0.4, 0.5) is 21.9 Å². The Morgan fingerprint density at radius 1 is 1.14 bits per heavy atom. The highest BCUT2D eigenvalue weighted by Crippen LogP contribution is 2.47. The average Bonchev–Trinajstić information content (AvgIpc) is 3.51. The molecular formula is C27H27N5O3S2. The molecule has 2 aliphatic rings. The van der Waals surface area contributed by atoms with Gasteiger partial charge in [-0.1, -0.05) is 18.2 Å². The fourth-order valence-electron chi connectivity index (χ4n) is 4.87. The number of hydrogen-bond donors (Lipinski definition) is 2. The van der Waals surface area contributed by atoms with Crippen molar-refractivity contribution in [3.63, 3.8) is 0 Å². The van der Waals surface area contributed by atoms with Crippen LogP contribution in [0.3, 0.4) is 0 Å². The van der Waals surface area contributed by atoms with Crippen LogP contribution in [0.5, 0.6) is 11.5 Å². The Hall–Kier alpha value is -3.60. The van der Waals surface area contributed by atoms with Gasteiger partial charge in [0.2, 0.25) is 0 Å². The lowest BCUT2D eigenvalue weighted by atomic mass is 10.1. The number of aryl methyl sites for hydroxylation is 1. The van der Waals surface area contributed by atoms with Crippen LogP contribution in [-0.4, -0.2) is 48.0 Å². The Morgan fingerprint density at radius 3 is 2.68 bits per heavy atom. The van der Waals surface area contributed by atoms with E-state index in [0.717, 1.165) is 33.6 Å². The number of nitrogens with one attached hydrogen (secondary N) is 2. The first-order valence-corrected chi connectivity index (χ1v) is 12.7. The van der Waals surface area contributed by atoms with Gasteiger partial charge in [-0.2, -0.15) is 13.5 Å². The smallest absolute Gasteiger partial charge is 0.331 e. The SMILES string of the molecule is CN[C@H]1CCN(C(=O)c2sc3nccc4c3c2NC(=O)N4c2ccc(Oc3ccccc3)cc2C)C1.S. The zero-order valence-corrected chi connectivity index (χ0v) is 22.3. The third-order valence-electron chi connectivity index (χ3n) is 6.71. The minimum absolute atomic E-state index is 0. The number of hydrogen-bond acceptors (Lipinski definition) is 6. The monoisotopic (exact) mass is 533 g/mol. The van der Waals surface area contributed by atoms with Crippen LogP contribution in [-0.2, 0) is 0 Å². The molecule has 1 saturated heterocycles. The molecule has 0 unspecified atom stereocenters. The van der Waals surface area contributed by atoms with Crippen LogP contribution in [0.1, 0.15) is 21.7 Å². The van der Waals surface area contributed by atoms with Crippen molar-refractivity contribution in [1.29, 1.82) is 0 Å². The molecule has 8 nitrogen and oxygen atoms in total. The van der Waals surface area contributed by atoms with E-state index in [1.807, 2.05) is 73.5 Å². The zero-order valence-electron chi connectivity index (χ0n) is 20.4. The minimum atomic E-state index is -0.309. The molecule has 0 bridgehead atoms. The third-order valence-corrected chi connectivity index (χ3v) is 7.80. The highest BCUT2D eigenvalue weighted by molar-refractivity contribution is 7.59. The van der Waals surface area contributed by atoms with Gasteiger partial charge in [0, 0.05) is 25.3 Å². The second-order valence-corrected chi connectivity index (χ2v) is 9.97. The number of nitrogens with zero attached hydrogens (tertiary/aromatic N) is 3. The topological polar surface area (TPSA) is 86.8 Å². The number of thiophene rings is 1. The van der Waals surface area contributed by atoms with Gasteiger partial charge in [-0.25, -0.2) is 9.78 Å². The number of rotatable bonds is 5. The molecule has 190 valence electrons. The number of carbonyl (C=O) groups excluding carboxylic acids is 2. The molecule has 0 aliphatic carbocycles. The number of para-hydroxylation sites is 1. The van der Waals surface area contributed by atoms with Crippen molar-refractivity contribution >= 4 is 64.0 Å². The van der Waals surface area contributed by atoms with Crippen LogP contribution in [0.25, 0.3) is 10.2 Å². The van der Waals surface area contributed by atoms with E-state index < -0.39 is 0 Å². The lowest BCUT2D eigenvalue weighted by Crippen LogP contribution is -2.36. The van der Waals surface area contributed by atoms with Gasteiger partial charge in [-0.05, 0) is 62.4 Å². The fraction of sp³-hybridized carbons (Fsp3) is 0.222. The van der Waals surface area contributed by atoms with Crippen molar-refractivity contribution in [3.8, 4) is 11.5 Å². The largest absolute Gasteiger partial charge is 0.457 e. The summed E-state index contributed by atoms with van der Waals surface area (Å²) in [6, 6.07) is 17.0. The van der Waals surface area contributed by atoms with E-state index in [2.05, 4.69) is 15.6 Å². The first-order valence-electron chi connectivity index (χ1n) is 11.9. The van der Waals surface area contributed by atoms with E-state index in [4.69, 9.17) is 4.74 Å². The molecule has 6 rings (SSSR count). The van der Waals surface area contributed by atoms with Crippen molar-refractivity contribution in [2.24, 2.45) is 0 Å². The Kier molecular flexibility index (Phi) is 6.80. The van der Waals surface area contributed by atoms with Crippen molar-refractivity contribution in [2.75, 3.05) is 30.4 Å². The normalized spacial score (nSPS) is 16.5. The van der Waals surface area contributed by atoms with Gasteiger partial charge in [0.25, 0.3) is 5.91 Å². The van der Waals surface area contributed by atoms with E-state index in [1.54, 1.807) is 11.1 Å². The van der Waals surface area contributed by atoms with Crippen LogP contribution < -0.4 is 20.3 Å². The number of benzene rings is 2. The Morgan fingerprint density at radius 2 is 1.95 bits per heavy atom. The maximum absolute atomic E-state index is 13.5. The lowest BCUT2D eigenvalue weighted by Gasteiger charge is -2.30. The van der Waals surface area contributed by atoms with Gasteiger partial charge in [0.15, 0.2) is 0 Å². The quantitative estimate of drug-likeness (QED) is 0.347. The van der Waals surface area contributed by atoms with Gasteiger partial charge in [-0.3, -0.25) is 9.69 Å². The summed E-state index contributed by atoms with van der Waals surface area (Å²) in [5, 5.41) is 7.03. The molecular weight excluding hydrogens is 506 g/mol. The molecule has 0 spiro atoms. The third kappa shape index (κ3) is 4.41. The highest BCUT2D eigenvalue weighted by Gasteiger charge is 2.35. The van der Waals surface area contributed by atoms with Gasteiger partial charge < -0.3 is 20.3 Å². The van der Waals surface area contributed by atoms with Crippen molar-refractivity contribution in [2.45, 2.75) is 19.4 Å². The van der Waals surface area contributed by atoms with E-state index in [-0.39, 0.29) is 31.5 Å². The maximum Gasteiger partial charge on any atom is 0.331 e. The van der Waals surface area contributed by atoms with E-state index in [1.165, 1.54) is 11.3 Å². The molecule has 3 amide bonds. The summed E-state index contributed by atoms with van der Waals surface area (Å²) in [6.07, 6.45) is 2.60. The molecule has 2 aromatic heterocycles. The molecule has 1 fully saturated rings. The second-order valence-electron chi connectivity index (χ2n) is 8.97. The maximum atomic E-state index is 13.5. The Balaban J connectivity index is 0.00000280. The number of anilines is 3. The molecule has 2 aliphatic heterocycles. The van der Waals surface area contributed by atoms with Crippen LogP contribution in [0, 0.1) is 6.92 Å². The first-order chi connectivity index (χ1) is 17.5. The predicted octanol–water partition coefficient (Wildman–Crippen LogP) is 5.63. The highest BCUT2D eigenvalue weighted by atomic mass is 32.1. The van der Waals surface area contributed by atoms with E-state index in [0.29, 0.717) is 35.1 Å². The summed E-state index contributed by atoms with van der Waals surface area (Å²) in [5.74, 6) is 1.37. The van der Waals surface area contributed by atoms with Gasteiger partial charge >= 0.3 is 6.03 Å². The zero-order chi connectivity index (χ0) is 24.8. The van der Waals surface area contributed by atoms with Crippen LogP contribution in [0.15, 0.2) is 60.8 Å². The Labute approximate surface area is 225 Å². The van der Waals surface area contributed by atoms with Crippen LogP contribution >= 0.6 is 24.8 Å². The summed E-state index contributed by atoms with van der Waals surface area (Å²) in [4.78, 5) is 36.1. The number of amides is 3. The summed E-state index contributed by atoms with van der Waals surface area (Å²) >= 11 is 1.33. The van der Waals surface area contributed by atoms with Crippen molar-refractivity contribution in [1.82, 2.24) is 15.2 Å². The fourth-order valence-corrected chi connectivity index (χ4v) is 5.95. The minimum Gasteiger partial charge on any atom is -0.457 e. The Bertz CT molecular complexity index is 1490. The molecule has 4 aromatic rings. The number of likely N-dealkylation sites (tertiary alicyclic amines) is 1. The summed E-state index contributed by atoms with van der Waals surface area (Å²) < 4.78 is 5.96. The van der Waals surface area contributed by atoms with Crippen molar-refractivity contribution < 1.29 is 14.3 Å². The molecule has 0 saturated carbocycles. The second kappa shape index (κ2) is 10.0. The standard InChI is InChI=1S/C27H25N5O3S.H2S/c1-16-14-19(35-18-6-4-3-5-7-18)8-9-20(16)32-21-10-12-29-25-22(21)23(30-27(32)34)24(36-25)26(33)31-13-11-17(15-31)28-2;/h3-10,12,14,17,28H,11,13,15H2,1-2H3,(H,30,34);1H2/t17-;/m0./s1. The van der Waals surface area contributed by atoms with Crippen LogP contribution in [0.2, 0.25) is 0 Å². The first kappa shape index (κ1) is 25.1. The molecule has 4 heterocycles. The van der Waals surface area contributed by atoms with Gasteiger partial charge in [-0.15, -0.1) is 11.3 Å². The number of likely N-dealkylation sites (N-methyl/N-ethyl adjacent to an activating group) is 1.